The van der Waals surface area contributed by atoms with Gasteiger partial charge in [0.15, 0.2) is 0 Å². The second-order valence-corrected chi connectivity index (χ2v) is 9.28. The van der Waals surface area contributed by atoms with Gasteiger partial charge in [0.1, 0.15) is 5.82 Å². The number of aryl methyl sites for hydroxylation is 1. The molecule has 0 nitrogen and oxygen atoms in total. The molecule has 3 atom stereocenters. The molecule has 2 aliphatic carbocycles. The van der Waals surface area contributed by atoms with Crippen molar-refractivity contribution in [2.24, 2.45) is 11.8 Å². The summed E-state index contributed by atoms with van der Waals surface area (Å²) in [5.41, 5.74) is 4.72. The number of hydrogen-bond donors (Lipinski definition) is 0. The predicted molar refractivity (Wildman–Crippen MR) is 120 cm³/mol. The Labute approximate surface area is 179 Å². The first-order chi connectivity index (χ1) is 14.1. The Balaban J connectivity index is 1.45. The average molecular weight is 409 g/mol. The zero-order valence-electron chi connectivity index (χ0n) is 17.3. The summed E-state index contributed by atoms with van der Waals surface area (Å²) < 4.78 is 13.6. The Kier molecular flexibility index (Phi) is 6.61. The van der Waals surface area contributed by atoms with E-state index in [4.69, 9.17) is 11.6 Å². The summed E-state index contributed by atoms with van der Waals surface area (Å²) >= 11 is 5.75. The van der Waals surface area contributed by atoms with Crippen molar-refractivity contribution in [1.82, 2.24) is 0 Å². The van der Waals surface area contributed by atoms with Crippen LogP contribution in [0.4, 0.5) is 4.39 Å². The number of unbranched alkanes of at least 4 members (excludes halogenated alkanes) is 2. The lowest BCUT2D eigenvalue weighted by Gasteiger charge is -2.40. The van der Waals surface area contributed by atoms with E-state index in [1.807, 2.05) is 0 Å². The number of fused-ring (bicyclic) bond motifs is 3. The van der Waals surface area contributed by atoms with Gasteiger partial charge in [0, 0.05) is 11.1 Å². The minimum absolute atomic E-state index is 0.138. The van der Waals surface area contributed by atoms with Crippen molar-refractivity contribution in [3.05, 3.63) is 69.5 Å². The highest BCUT2D eigenvalue weighted by Gasteiger charge is 2.34. The molecule has 0 spiro atoms. The van der Waals surface area contributed by atoms with Crippen LogP contribution in [0.25, 0.3) is 0 Å². The zero-order valence-corrected chi connectivity index (χ0v) is 18.1. The smallest absolute Gasteiger partial charge is 0.143 e. The molecule has 1 fully saturated rings. The van der Waals surface area contributed by atoms with Gasteiger partial charge in [-0.3, -0.25) is 0 Å². The predicted octanol–water partition coefficient (Wildman–Crippen LogP) is 7.91. The standard InChI is InChI=1S/C27H30ClF/c1-2-3-4-5-19-8-13-24-22(16-19)11-12-23-17-20(9-14-25(23)24)6-7-21-10-15-26(28)27(29)18-21/h9-10,14-15,17-19,22,24H,2-5,8,11-13,16H2,1H3. The molecule has 2 heteroatoms. The molecule has 0 heterocycles. The summed E-state index contributed by atoms with van der Waals surface area (Å²) in [5, 5.41) is 0.138. The summed E-state index contributed by atoms with van der Waals surface area (Å²) in [6.45, 7) is 2.29. The second-order valence-electron chi connectivity index (χ2n) is 8.87. The molecule has 0 N–H and O–H groups in total. The summed E-state index contributed by atoms with van der Waals surface area (Å²) in [5.74, 6) is 8.43. The third kappa shape index (κ3) is 4.87. The molecule has 2 aromatic rings. The highest BCUT2D eigenvalue weighted by molar-refractivity contribution is 6.30. The Bertz CT molecular complexity index is 920. The van der Waals surface area contributed by atoms with Gasteiger partial charge in [-0.25, -0.2) is 4.39 Å². The molecule has 2 aliphatic rings. The third-order valence-electron chi connectivity index (χ3n) is 6.90. The Morgan fingerprint density at radius 2 is 1.79 bits per heavy atom. The molecular formula is C27H30ClF. The molecule has 152 valence electrons. The minimum Gasteiger partial charge on any atom is -0.205 e. The molecule has 3 unspecified atom stereocenters. The fourth-order valence-electron chi connectivity index (χ4n) is 5.36. The van der Waals surface area contributed by atoms with E-state index in [2.05, 4.69) is 37.0 Å². The largest absolute Gasteiger partial charge is 0.205 e. The highest BCUT2D eigenvalue weighted by atomic mass is 35.5. The summed E-state index contributed by atoms with van der Waals surface area (Å²) in [7, 11) is 0. The second kappa shape index (κ2) is 9.36. The van der Waals surface area contributed by atoms with Gasteiger partial charge in [0.25, 0.3) is 0 Å². The van der Waals surface area contributed by atoms with E-state index in [1.165, 1.54) is 69.4 Å². The maximum absolute atomic E-state index is 13.6. The topological polar surface area (TPSA) is 0 Å². The third-order valence-corrected chi connectivity index (χ3v) is 7.21. The van der Waals surface area contributed by atoms with E-state index in [1.54, 1.807) is 17.7 Å². The molecule has 0 amide bonds. The van der Waals surface area contributed by atoms with Crippen molar-refractivity contribution in [3.8, 4) is 11.8 Å². The average Bonchev–Trinajstić information content (AvgIpc) is 2.74. The summed E-state index contributed by atoms with van der Waals surface area (Å²) in [4.78, 5) is 0. The first kappa shape index (κ1) is 20.5. The van der Waals surface area contributed by atoms with E-state index < -0.39 is 5.82 Å². The van der Waals surface area contributed by atoms with Crippen LogP contribution in [0.2, 0.25) is 5.02 Å². The van der Waals surface area contributed by atoms with Crippen LogP contribution in [0.15, 0.2) is 36.4 Å². The molecule has 1 saturated carbocycles. The molecule has 29 heavy (non-hydrogen) atoms. The van der Waals surface area contributed by atoms with Crippen LogP contribution in [-0.2, 0) is 6.42 Å². The van der Waals surface area contributed by atoms with Crippen LogP contribution in [0, 0.1) is 29.5 Å². The van der Waals surface area contributed by atoms with Crippen molar-refractivity contribution < 1.29 is 4.39 Å². The Morgan fingerprint density at radius 3 is 2.59 bits per heavy atom. The van der Waals surface area contributed by atoms with Crippen molar-refractivity contribution in [2.45, 2.75) is 70.6 Å². The molecule has 0 bridgehead atoms. The summed E-state index contributed by atoms with van der Waals surface area (Å²) in [6, 6.07) is 11.5. The monoisotopic (exact) mass is 408 g/mol. The fourth-order valence-corrected chi connectivity index (χ4v) is 5.47. The van der Waals surface area contributed by atoms with E-state index in [0.29, 0.717) is 5.56 Å². The van der Waals surface area contributed by atoms with Gasteiger partial charge in [0.05, 0.1) is 5.02 Å². The molecular weight excluding hydrogens is 379 g/mol. The Morgan fingerprint density at radius 1 is 1.00 bits per heavy atom. The van der Waals surface area contributed by atoms with E-state index >= 15 is 0 Å². The first-order valence-electron chi connectivity index (χ1n) is 11.2. The van der Waals surface area contributed by atoms with E-state index in [-0.39, 0.29) is 5.02 Å². The van der Waals surface area contributed by atoms with Crippen molar-refractivity contribution in [2.75, 3.05) is 0 Å². The number of benzene rings is 2. The van der Waals surface area contributed by atoms with Crippen molar-refractivity contribution in [3.63, 3.8) is 0 Å². The lowest BCUT2D eigenvalue weighted by Crippen LogP contribution is -2.28. The lowest BCUT2D eigenvalue weighted by molar-refractivity contribution is 0.199. The van der Waals surface area contributed by atoms with Gasteiger partial charge in [-0.2, -0.15) is 0 Å². The number of hydrogen-bond acceptors (Lipinski definition) is 0. The molecule has 4 rings (SSSR count). The highest BCUT2D eigenvalue weighted by Crippen LogP contribution is 2.48. The van der Waals surface area contributed by atoms with Gasteiger partial charge < -0.3 is 0 Å². The zero-order chi connectivity index (χ0) is 20.2. The van der Waals surface area contributed by atoms with Crippen LogP contribution in [0.1, 0.15) is 86.5 Å². The maximum atomic E-state index is 13.6. The van der Waals surface area contributed by atoms with Gasteiger partial charge in [-0.05, 0) is 91.3 Å². The molecule has 0 saturated heterocycles. The Hall–Kier alpha value is -1.78. The molecule has 2 aromatic carbocycles. The lowest BCUT2D eigenvalue weighted by atomic mass is 9.64. The van der Waals surface area contributed by atoms with Crippen LogP contribution in [0.5, 0.6) is 0 Å². The maximum Gasteiger partial charge on any atom is 0.143 e. The molecule has 0 aliphatic heterocycles. The van der Waals surface area contributed by atoms with Crippen LogP contribution >= 0.6 is 11.6 Å². The van der Waals surface area contributed by atoms with Gasteiger partial charge in [0.2, 0.25) is 0 Å². The van der Waals surface area contributed by atoms with E-state index in [9.17, 15) is 4.39 Å². The van der Waals surface area contributed by atoms with Gasteiger partial charge in [-0.1, -0.05) is 62.1 Å². The minimum atomic E-state index is -0.416. The van der Waals surface area contributed by atoms with Gasteiger partial charge >= 0.3 is 0 Å². The molecule has 0 radical (unpaired) electrons. The molecule has 0 aromatic heterocycles. The fraction of sp³-hybridized carbons (Fsp3) is 0.481. The number of rotatable bonds is 4. The van der Waals surface area contributed by atoms with Crippen molar-refractivity contribution >= 4 is 11.6 Å². The number of halogens is 2. The van der Waals surface area contributed by atoms with Crippen molar-refractivity contribution in [1.29, 1.82) is 0 Å². The SMILES string of the molecule is CCCCCC1CCC2c3ccc(C#Cc4ccc(Cl)c(F)c4)cc3CCC2C1. The summed E-state index contributed by atoms with van der Waals surface area (Å²) in [6.07, 6.45) is 12.2. The van der Waals surface area contributed by atoms with Crippen LogP contribution in [-0.4, -0.2) is 0 Å². The van der Waals surface area contributed by atoms with Crippen LogP contribution in [0.3, 0.4) is 0 Å². The normalized spacial score (nSPS) is 22.9. The quantitative estimate of drug-likeness (QED) is 0.356. The van der Waals surface area contributed by atoms with Gasteiger partial charge in [-0.15, -0.1) is 0 Å². The van der Waals surface area contributed by atoms with Crippen LogP contribution < -0.4 is 0 Å². The van der Waals surface area contributed by atoms with E-state index in [0.717, 1.165) is 23.3 Å². The first-order valence-corrected chi connectivity index (χ1v) is 11.6.